The molecule has 2 heterocycles. The highest BCUT2D eigenvalue weighted by Crippen LogP contribution is 2.27. The van der Waals surface area contributed by atoms with Crippen LogP contribution in [0.1, 0.15) is 18.7 Å². The van der Waals surface area contributed by atoms with Crippen molar-refractivity contribution >= 4 is 39.4 Å². The average molecular weight is 315 g/mol. The SMILES string of the molecule is O=C(Cc1nc2c(cnc3ccc(Cl)cc32)[nH]1)NCC1CC1. The maximum Gasteiger partial charge on any atom is 0.227 e. The molecular formula is C16H15ClN4O. The van der Waals surface area contributed by atoms with Crippen molar-refractivity contribution in [3.8, 4) is 0 Å². The van der Waals surface area contributed by atoms with E-state index >= 15 is 0 Å². The van der Waals surface area contributed by atoms with Gasteiger partial charge in [0.05, 0.1) is 29.2 Å². The molecule has 2 aromatic heterocycles. The van der Waals surface area contributed by atoms with Gasteiger partial charge in [-0.25, -0.2) is 4.98 Å². The molecule has 1 amide bonds. The first-order valence-corrected chi connectivity index (χ1v) is 7.76. The Bertz CT molecular complexity index is 869. The summed E-state index contributed by atoms with van der Waals surface area (Å²) in [5.41, 5.74) is 2.46. The molecule has 0 saturated heterocycles. The topological polar surface area (TPSA) is 70.7 Å². The summed E-state index contributed by atoms with van der Waals surface area (Å²) in [6.07, 6.45) is 4.44. The molecule has 1 aliphatic rings. The molecule has 0 radical (unpaired) electrons. The second-order valence-corrected chi connectivity index (χ2v) is 6.23. The van der Waals surface area contributed by atoms with E-state index < -0.39 is 0 Å². The largest absolute Gasteiger partial charge is 0.355 e. The molecule has 0 aliphatic heterocycles. The number of rotatable bonds is 4. The number of amides is 1. The predicted molar refractivity (Wildman–Crippen MR) is 85.8 cm³/mol. The van der Waals surface area contributed by atoms with Gasteiger partial charge in [-0.3, -0.25) is 9.78 Å². The van der Waals surface area contributed by atoms with Crippen LogP contribution in [0.4, 0.5) is 0 Å². The summed E-state index contributed by atoms with van der Waals surface area (Å²) >= 11 is 6.06. The number of nitrogens with one attached hydrogen (secondary N) is 2. The van der Waals surface area contributed by atoms with Crippen molar-refractivity contribution in [3.63, 3.8) is 0 Å². The van der Waals surface area contributed by atoms with E-state index in [4.69, 9.17) is 11.6 Å². The number of aromatic amines is 1. The first-order valence-electron chi connectivity index (χ1n) is 7.38. The number of H-pyrrole nitrogens is 1. The molecule has 22 heavy (non-hydrogen) atoms. The number of nitrogens with zero attached hydrogens (tertiary/aromatic N) is 2. The molecule has 1 fully saturated rings. The minimum absolute atomic E-state index is 0.00116. The summed E-state index contributed by atoms with van der Waals surface area (Å²) in [7, 11) is 0. The standard InChI is InChI=1S/C16H15ClN4O/c17-10-3-4-12-11(5-10)16-13(8-18-12)20-14(21-16)6-15(22)19-7-9-1-2-9/h3-5,8-9H,1-2,6-7H2,(H,19,22)(H,20,21). The van der Waals surface area contributed by atoms with Crippen LogP contribution in [-0.2, 0) is 11.2 Å². The normalized spacial score (nSPS) is 14.6. The van der Waals surface area contributed by atoms with E-state index in [2.05, 4.69) is 20.3 Å². The molecule has 1 aliphatic carbocycles. The summed E-state index contributed by atoms with van der Waals surface area (Å²) in [6.45, 7) is 0.777. The van der Waals surface area contributed by atoms with Crippen LogP contribution < -0.4 is 5.32 Å². The van der Waals surface area contributed by atoms with Gasteiger partial charge in [-0.1, -0.05) is 11.6 Å². The molecule has 1 aromatic carbocycles. The maximum absolute atomic E-state index is 11.9. The molecular weight excluding hydrogens is 300 g/mol. The summed E-state index contributed by atoms with van der Waals surface area (Å²) in [5.74, 6) is 1.33. The smallest absolute Gasteiger partial charge is 0.227 e. The van der Waals surface area contributed by atoms with Gasteiger partial charge in [0.15, 0.2) is 0 Å². The van der Waals surface area contributed by atoms with E-state index in [1.54, 1.807) is 6.20 Å². The quantitative estimate of drug-likeness (QED) is 0.778. The summed E-state index contributed by atoms with van der Waals surface area (Å²) < 4.78 is 0. The number of halogens is 1. The highest BCUT2D eigenvalue weighted by molar-refractivity contribution is 6.31. The summed E-state index contributed by atoms with van der Waals surface area (Å²) in [5, 5.41) is 4.49. The lowest BCUT2D eigenvalue weighted by Crippen LogP contribution is -2.27. The van der Waals surface area contributed by atoms with Crippen molar-refractivity contribution < 1.29 is 4.79 Å². The molecule has 4 rings (SSSR count). The van der Waals surface area contributed by atoms with Crippen LogP contribution in [-0.4, -0.2) is 27.4 Å². The summed E-state index contributed by atoms with van der Waals surface area (Å²) in [4.78, 5) is 24.0. The zero-order valence-corrected chi connectivity index (χ0v) is 12.7. The second kappa shape index (κ2) is 5.25. The highest BCUT2D eigenvalue weighted by atomic mass is 35.5. The summed E-state index contributed by atoms with van der Waals surface area (Å²) in [6, 6.07) is 5.53. The van der Waals surface area contributed by atoms with Gasteiger partial charge in [0.25, 0.3) is 0 Å². The number of fused-ring (bicyclic) bond motifs is 3. The number of carbonyl (C=O) groups is 1. The van der Waals surface area contributed by atoms with E-state index in [9.17, 15) is 4.79 Å². The van der Waals surface area contributed by atoms with Gasteiger partial charge >= 0.3 is 0 Å². The molecule has 2 N–H and O–H groups in total. The van der Waals surface area contributed by atoms with Crippen LogP contribution in [0.25, 0.3) is 21.9 Å². The second-order valence-electron chi connectivity index (χ2n) is 5.79. The maximum atomic E-state index is 11.9. The number of hydrogen-bond donors (Lipinski definition) is 2. The fraction of sp³-hybridized carbons (Fsp3) is 0.312. The number of benzene rings is 1. The lowest BCUT2D eigenvalue weighted by molar-refractivity contribution is -0.120. The Labute approximate surface area is 132 Å². The van der Waals surface area contributed by atoms with Crippen LogP contribution in [0, 0.1) is 5.92 Å². The molecule has 6 heteroatoms. The Kier molecular flexibility index (Phi) is 3.22. The average Bonchev–Trinajstić information content (AvgIpc) is 3.24. The molecule has 0 atom stereocenters. The number of aromatic nitrogens is 3. The van der Waals surface area contributed by atoms with E-state index in [0.29, 0.717) is 16.8 Å². The minimum Gasteiger partial charge on any atom is -0.355 e. The van der Waals surface area contributed by atoms with Gasteiger partial charge in [-0.05, 0) is 37.0 Å². The van der Waals surface area contributed by atoms with Gasteiger partial charge in [-0.2, -0.15) is 0 Å². The van der Waals surface area contributed by atoms with Crippen molar-refractivity contribution in [1.29, 1.82) is 0 Å². The predicted octanol–water partition coefficient (Wildman–Crippen LogP) is 2.83. The first-order chi connectivity index (χ1) is 10.7. The molecule has 0 bridgehead atoms. The number of pyridine rings is 1. The molecule has 3 aromatic rings. The van der Waals surface area contributed by atoms with E-state index in [0.717, 1.165) is 28.5 Å². The van der Waals surface area contributed by atoms with Gasteiger partial charge in [0, 0.05) is 17.0 Å². The zero-order valence-electron chi connectivity index (χ0n) is 11.9. The number of imidazole rings is 1. The lowest BCUT2D eigenvalue weighted by atomic mass is 10.2. The third-order valence-electron chi connectivity index (χ3n) is 3.94. The first kappa shape index (κ1) is 13.5. The molecule has 5 nitrogen and oxygen atoms in total. The van der Waals surface area contributed by atoms with Gasteiger partial charge in [-0.15, -0.1) is 0 Å². The van der Waals surface area contributed by atoms with Crippen LogP contribution in [0.5, 0.6) is 0 Å². The number of hydrogen-bond acceptors (Lipinski definition) is 3. The molecule has 1 saturated carbocycles. The molecule has 0 unspecified atom stereocenters. The minimum atomic E-state index is 0.00116. The van der Waals surface area contributed by atoms with Crippen LogP contribution in [0.2, 0.25) is 5.02 Å². The molecule has 112 valence electrons. The third-order valence-corrected chi connectivity index (χ3v) is 4.18. The van der Waals surface area contributed by atoms with Gasteiger partial charge in [0.2, 0.25) is 5.91 Å². The Balaban J connectivity index is 1.63. The van der Waals surface area contributed by atoms with Gasteiger partial charge < -0.3 is 10.3 Å². The van der Waals surface area contributed by atoms with E-state index in [-0.39, 0.29) is 12.3 Å². The molecule has 0 spiro atoms. The van der Waals surface area contributed by atoms with Gasteiger partial charge in [0.1, 0.15) is 5.82 Å². The number of carbonyl (C=O) groups excluding carboxylic acids is 1. The Morgan fingerprint density at radius 2 is 2.27 bits per heavy atom. The monoisotopic (exact) mass is 314 g/mol. The zero-order chi connectivity index (χ0) is 15.1. The lowest BCUT2D eigenvalue weighted by Gasteiger charge is -2.01. The Morgan fingerprint density at radius 1 is 1.41 bits per heavy atom. The van der Waals surface area contributed by atoms with Crippen molar-refractivity contribution in [2.75, 3.05) is 6.54 Å². The third kappa shape index (κ3) is 2.64. The van der Waals surface area contributed by atoms with Crippen LogP contribution in [0.3, 0.4) is 0 Å². The fourth-order valence-corrected chi connectivity index (χ4v) is 2.73. The van der Waals surface area contributed by atoms with E-state index in [1.165, 1.54) is 12.8 Å². The Morgan fingerprint density at radius 3 is 3.09 bits per heavy atom. The van der Waals surface area contributed by atoms with Crippen LogP contribution in [0.15, 0.2) is 24.4 Å². The highest BCUT2D eigenvalue weighted by Gasteiger charge is 2.21. The van der Waals surface area contributed by atoms with E-state index in [1.807, 2.05) is 18.2 Å². The van der Waals surface area contributed by atoms with Crippen molar-refractivity contribution in [2.24, 2.45) is 5.92 Å². The van der Waals surface area contributed by atoms with Crippen molar-refractivity contribution in [3.05, 3.63) is 35.2 Å². The van der Waals surface area contributed by atoms with Crippen LogP contribution >= 0.6 is 11.6 Å². The fourth-order valence-electron chi connectivity index (χ4n) is 2.56. The van der Waals surface area contributed by atoms with Crippen molar-refractivity contribution in [2.45, 2.75) is 19.3 Å². The Hall–Kier alpha value is -2.14. The van der Waals surface area contributed by atoms with Crippen molar-refractivity contribution in [1.82, 2.24) is 20.3 Å².